The summed E-state index contributed by atoms with van der Waals surface area (Å²) in [6, 6.07) is 0. The molecule has 20 heavy (non-hydrogen) atoms. The molecule has 1 saturated heterocycles. The summed E-state index contributed by atoms with van der Waals surface area (Å²) in [5, 5.41) is 6.17. The van der Waals surface area contributed by atoms with Gasteiger partial charge in [0.05, 0.1) is 11.7 Å². The Hall–Kier alpha value is -0.660. The van der Waals surface area contributed by atoms with Gasteiger partial charge in [0, 0.05) is 18.6 Å². The Balaban J connectivity index is 2.61. The van der Waals surface area contributed by atoms with Crippen LogP contribution in [0.15, 0.2) is 0 Å². The van der Waals surface area contributed by atoms with Gasteiger partial charge in [-0.3, -0.25) is 4.79 Å². The van der Waals surface area contributed by atoms with Crippen molar-refractivity contribution < 1.29 is 13.2 Å². The van der Waals surface area contributed by atoms with Crippen molar-refractivity contribution in [2.75, 3.05) is 25.9 Å². The number of amides is 1. The second-order valence-electron chi connectivity index (χ2n) is 6.36. The average Bonchev–Trinajstić information content (AvgIpc) is 2.34. The molecule has 0 aromatic carbocycles. The molecule has 6 nitrogen and oxygen atoms in total. The third-order valence-corrected chi connectivity index (χ3v) is 4.71. The van der Waals surface area contributed by atoms with Gasteiger partial charge in [-0.25, -0.2) is 13.1 Å². The highest BCUT2D eigenvalue weighted by Crippen LogP contribution is 2.30. The molecule has 1 rings (SSSR count). The largest absolute Gasteiger partial charge is 0.354 e. The number of rotatable bonds is 6. The Labute approximate surface area is 122 Å². The van der Waals surface area contributed by atoms with Crippen molar-refractivity contribution in [3.8, 4) is 0 Å². The van der Waals surface area contributed by atoms with Gasteiger partial charge in [0.1, 0.15) is 0 Å². The molecular formula is C13H27N3O3S. The SMILES string of the molecule is CCC1(C(=O)NCC(C)(C)NS(C)(=O)=O)CCCNC1. The molecule has 7 heteroatoms. The molecule has 0 bridgehead atoms. The molecule has 0 aromatic rings. The maximum atomic E-state index is 12.4. The second-order valence-corrected chi connectivity index (χ2v) is 8.10. The van der Waals surface area contributed by atoms with Gasteiger partial charge in [0.15, 0.2) is 0 Å². The van der Waals surface area contributed by atoms with Crippen LogP contribution in [0, 0.1) is 5.41 Å². The minimum Gasteiger partial charge on any atom is -0.354 e. The Bertz CT molecular complexity index is 440. The molecule has 0 radical (unpaired) electrons. The molecule has 1 unspecified atom stereocenters. The quantitative estimate of drug-likeness (QED) is 0.655. The molecule has 0 saturated carbocycles. The second kappa shape index (κ2) is 6.41. The van der Waals surface area contributed by atoms with E-state index < -0.39 is 15.6 Å². The van der Waals surface area contributed by atoms with E-state index in [0.717, 1.165) is 32.1 Å². The number of hydrogen-bond acceptors (Lipinski definition) is 4. The van der Waals surface area contributed by atoms with Crippen LogP contribution in [0.4, 0.5) is 0 Å². The molecule has 1 amide bonds. The summed E-state index contributed by atoms with van der Waals surface area (Å²) in [5.41, 5.74) is -1.06. The lowest BCUT2D eigenvalue weighted by atomic mass is 9.77. The van der Waals surface area contributed by atoms with Crippen LogP contribution < -0.4 is 15.4 Å². The van der Waals surface area contributed by atoms with Crippen LogP contribution in [0.1, 0.15) is 40.0 Å². The standard InChI is InChI=1S/C13H27N3O3S/c1-5-13(7-6-8-14-10-13)11(17)15-9-12(2,3)16-20(4,18)19/h14,16H,5-10H2,1-4H3,(H,15,17). The molecule has 0 aromatic heterocycles. The van der Waals surface area contributed by atoms with Crippen molar-refractivity contribution in [3.05, 3.63) is 0 Å². The fourth-order valence-electron chi connectivity index (χ4n) is 2.65. The van der Waals surface area contributed by atoms with E-state index in [0.29, 0.717) is 6.54 Å². The van der Waals surface area contributed by atoms with E-state index in [-0.39, 0.29) is 17.9 Å². The number of carbonyl (C=O) groups is 1. The highest BCUT2D eigenvalue weighted by molar-refractivity contribution is 7.88. The number of carbonyl (C=O) groups excluding carboxylic acids is 1. The first-order chi connectivity index (χ1) is 9.10. The Morgan fingerprint density at radius 2 is 2.05 bits per heavy atom. The first kappa shape index (κ1) is 17.4. The lowest BCUT2D eigenvalue weighted by molar-refractivity contribution is -0.132. The first-order valence-corrected chi connectivity index (χ1v) is 8.97. The number of nitrogens with one attached hydrogen (secondary N) is 3. The summed E-state index contributed by atoms with van der Waals surface area (Å²) in [4.78, 5) is 12.4. The molecule has 1 fully saturated rings. The summed E-state index contributed by atoms with van der Waals surface area (Å²) in [5.74, 6) is 0.00979. The topological polar surface area (TPSA) is 87.3 Å². The van der Waals surface area contributed by atoms with Gasteiger partial charge in [-0.15, -0.1) is 0 Å². The van der Waals surface area contributed by atoms with Crippen molar-refractivity contribution in [2.45, 2.75) is 45.6 Å². The van der Waals surface area contributed by atoms with Gasteiger partial charge >= 0.3 is 0 Å². The van der Waals surface area contributed by atoms with Crippen LogP contribution in [-0.4, -0.2) is 45.8 Å². The molecule has 1 aliphatic rings. The third-order valence-electron chi connectivity index (χ3n) is 3.78. The van der Waals surface area contributed by atoms with E-state index in [2.05, 4.69) is 15.4 Å². The van der Waals surface area contributed by atoms with Crippen LogP contribution in [-0.2, 0) is 14.8 Å². The average molecular weight is 305 g/mol. The fourth-order valence-corrected chi connectivity index (χ4v) is 3.73. The van der Waals surface area contributed by atoms with Gasteiger partial charge in [-0.05, 0) is 39.7 Å². The van der Waals surface area contributed by atoms with Crippen molar-refractivity contribution in [1.82, 2.24) is 15.4 Å². The predicted molar refractivity (Wildman–Crippen MR) is 79.9 cm³/mol. The van der Waals surface area contributed by atoms with Crippen LogP contribution in [0.2, 0.25) is 0 Å². The normalized spacial score (nSPS) is 24.4. The van der Waals surface area contributed by atoms with Gasteiger partial charge in [0.2, 0.25) is 15.9 Å². The van der Waals surface area contributed by atoms with E-state index in [1.807, 2.05) is 6.92 Å². The van der Waals surface area contributed by atoms with E-state index >= 15 is 0 Å². The highest BCUT2D eigenvalue weighted by Gasteiger charge is 2.38. The van der Waals surface area contributed by atoms with E-state index in [4.69, 9.17) is 0 Å². The van der Waals surface area contributed by atoms with E-state index in [9.17, 15) is 13.2 Å². The zero-order chi connectivity index (χ0) is 15.4. The van der Waals surface area contributed by atoms with Gasteiger partial charge in [-0.2, -0.15) is 0 Å². The molecule has 1 atom stereocenters. The summed E-state index contributed by atoms with van der Waals surface area (Å²) >= 11 is 0. The highest BCUT2D eigenvalue weighted by atomic mass is 32.2. The first-order valence-electron chi connectivity index (χ1n) is 7.08. The summed E-state index contributed by atoms with van der Waals surface area (Å²) in [7, 11) is -3.29. The number of sulfonamides is 1. The third kappa shape index (κ3) is 5.03. The van der Waals surface area contributed by atoms with Crippen molar-refractivity contribution in [2.24, 2.45) is 5.41 Å². The predicted octanol–water partition coefficient (Wildman–Crippen LogP) is 0.210. The van der Waals surface area contributed by atoms with E-state index in [1.165, 1.54) is 0 Å². The Morgan fingerprint density at radius 3 is 2.50 bits per heavy atom. The van der Waals surface area contributed by atoms with Crippen molar-refractivity contribution in [3.63, 3.8) is 0 Å². The maximum Gasteiger partial charge on any atom is 0.227 e. The van der Waals surface area contributed by atoms with Gasteiger partial charge in [0.25, 0.3) is 0 Å². The Morgan fingerprint density at radius 1 is 1.40 bits per heavy atom. The molecule has 0 spiro atoms. The number of piperidine rings is 1. The molecule has 1 aliphatic heterocycles. The fraction of sp³-hybridized carbons (Fsp3) is 0.923. The van der Waals surface area contributed by atoms with Crippen LogP contribution in [0.25, 0.3) is 0 Å². The van der Waals surface area contributed by atoms with Crippen LogP contribution in [0.3, 0.4) is 0 Å². The zero-order valence-electron chi connectivity index (χ0n) is 12.9. The van der Waals surface area contributed by atoms with Gasteiger partial charge in [-0.1, -0.05) is 6.92 Å². The van der Waals surface area contributed by atoms with Crippen molar-refractivity contribution >= 4 is 15.9 Å². The van der Waals surface area contributed by atoms with Gasteiger partial charge < -0.3 is 10.6 Å². The minimum absolute atomic E-state index is 0.00979. The minimum atomic E-state index is -3.29. The molecule has 0 aliphatic carbocycles. The Kier molecular flexibility index (Phi) is 5.57. The lowest BCUT2D eigenvalue weighted by Crippen LogP contribution is -2.56. The molecule has 118 valence electrons. The smallest absolute Gasteiger partial charge is 0.227 e. The maximum absolute atomic E-state index is 12.4. The monoisotopic (exact) mass is 305 g/mol. The van der Waals surface area contributed by atoms with Crippen LogP contribution >= 0.6 is 0 Å². The molecular weight excluding hydrogens is 278 g/mol. The summed E-state index contributed by atoms with van der Waals surface area (Å²) in [6.07, 6.45) is 3.77. The number of hydrogen-bond donors (Lipinski definition) is 3. The molecule has 1 heterocycles. The summed E-state index contributed by atoms with van der Waals surface area (Å²) < 4.78 is 25.1. The summed E-state index contributed by atoms with van der Waals surface area (Å²) in [6.45, 7) is 7.46. The van der Waals surface area contributed by atoms with E-state index in [1.54, 1.807) is 13.8 Å². The van der Waals surface area contributed by atoms with Crippen molar-refractivity contribution in [1.29, 1.82) is 0 Å². The van der Waals surface area contributed by atoms with Crippen LogP contribution in [0.5, 0.6) is 0 Å². The molecule has 3 N–H and O–H groups in total. The zero-order valence-corrected chi connectivity index (χ0v) is 13.7. The lowest BCUT2D eigenvalue weighted by Gasteiger charge is -2.36.